The van der Waals surface area contributed by atoms with E-state index in [0.717, 1.165) is 38.0 Å². The van der Waals surface area contributed by atoms with Gasteiger partial charge in [-0.15, -0.1) is 0 Å². The molecule has 1 aliphatic heterocycles. The van der Waals surface area contributed by atoms with Crippen LogP contribution in [-0.2, 0) is 4.79 Å². The van der Waals surface area contributed by atoms with Crippen LogP contribution in [0.3, 0.4) is 0 Å². The predicted octanol–water partition coefficient (Wildman–Crippen LogP) is 2.09. The second-order valence-corrected chi connectivity index (χ2v) is 5.14. The van der Waals surface area contributed by atoms with Crippen LogP contribution in [0.1, 0.15) is 26.2 Å². The van der Waals surface area contributed by atoms with Crippen molar-refractivity contribution in [2.45, 2.75) is 32.2 Å². The van der Waals surface area contributed by atoms with Gasteiger partial charge in [-0.2, -0.15) is 0 Å². The molecule has 3 N–H and O–H groups in total. The van der Waals surface area contributed by atoms with E-state index in [1.807, 2.05) is 6.07 Å². The number of amides is 1. The van der Waals surface area contributed by atoms with Crippen LogP contribution in [0.25, 0.3) is 0 Å². The summed E-state index contributed by atoms with van der Waals surface area (Å²) in [6.07, 6.45) is 3.08. The Morgan fingerprint density at radius 1 is 1.55 bits per heavy atom. The van der Waals surface area contributed by atoms with Crippen LogP contribution in [0, 0.1) is 0 Å². The van der Waals surface area contributed by atoms with E-state index in [-0.39, 0.29) is 11.9 Å². The zero-order chi connectivity index (χ0) is 14.5. The maximum atomic E-state index is 12.3. The second kappa shape index (κ2) is 6.61. The molecule has 0 aromatic heterocycles. The molecule has 1 atom stereocenters. The Bertz CT molecular complexity index is 476. The number of nitrogens with two attached hydrogens (primary N) is 1. The van der Waals surface area contributed by atoms with Crippen LogP contribution in [0.4, 0.5) is 11.4 Å². The number of benzene rings is 1. The third-order valence-corrected chi connectivity index (χ3v) is 3.67. The van der Waals surface area contributed by atoms with Gasteiger partial charge in [0, 0.05) is 5.69 Å². The van der Waals surface area contributed by atoms with E-state index >= 15 is 0 Å². The summed E-state index contributed by atoms with van der Waals surface area (Å²) < 4.78 is 5.11. The summed E-state index contributed by atoms with van der Waals surface area (Å²) in [6.45, 7) is 4.12. The van der Waals surface area contributed by atoms with E-state index in [2.05, 4.69) is 17.1 Å². The molecule has 1 unspecified atom stereocenters. The monoisotopic (exact) mass is 277 g/mol. The summed E-state index contributed by atoms with van der Waals surface area (Å²) in [7, 11) is 1.57. The van der Waals surface area contributed by atoms with Gasteiger partial charge in [0.1, 0.15) is 5.75 Å². The van der Waals surface area contributed by atoms with Gasteiger partial charge in [-0.05, 0) is 50.6 Å². The molecule has 1 aliphatic rings. The van der Waals surface area contributed by atoms with E-state index in [9.17, 15) is 4.79 Å². The lowest BCUT2D eigenvalue weighted by molar-refractivity contribution is -0.120. The number of likely N-dealkylation sites (tertiary alicyclic amines) is 1. The molecule has 0 saturated carbocycles. The van der Waals surface area contributed by atoms with Gasteiger partial charge in [-0.3, -0.25) is 9.69 Å². The van der Waals surface area contributed by atoms with E-state index in [4.69, 9.17) is 10.5 Å². The van der Waals surface area contributed by atoms with Crippen molar-refractivity contribution in [3.05, 3.63) is 18.2 Å². The van der Waals surface area contributed by atoms with Crippen LogP contribution in [0.5, 0.6) is 5.75 Å². The largest absolute Gasteiger partial charge is 0.495 e. The normalized spacial score (nSPS) is 19.0. The van der Waals surface area contributed by atoms with Crippen molar-refractivity contribution in [2.75, 3.05) is 31.2 Å². The molecule has 1 heterocycles. The van der Waals surface area contributed by atoms with Gasteiger partial charge in [-0.25, -0.2) is 0 Å². The third-order valence-electron chi connectivity index (χ3n) is 3.67. The van der Waals surface area contributed by atoms with Crippen LogP contribution < -0.4 is 15.8 Å². The SMILES string of the molecule is CCCN1CCCC1C(=O)Nc1ccc(OC)c(N)c1. The smallest absolute Gasteiger partial charge is 0.241 e. The maximum absolute atomic E-state index is 12.3. The first-order valence-electron chi connectivity index (χ1n) is 7.14. The highest BCUT2D eigenvalue weighted by atomic mass is 16.5. The topological polar surface area (TPSA) is 67.6 Å². The molecule has 20 heavy (non-hydrogen) atoms. The number of hydrogen-bond donors (Lipinski definition) is 2. The Morgan fingerprint density at radius 3 is 3.00 bits per heavy atom. The summed E-state index contributed by atoms with van der Waals surface area (Å²) in [5, 5.41) is 2.95. The van der Waals surface area contributed by atoms with Gasteiger partial charge in [0.05, 0.1) is 18.8 Å². The number of nitrogen functional groups attached to an aromatic ring is 1. The fourth-order valence-electron chi connectivity index (χ4n) is 2.72. The summed E-state index contributed by atoms with van der Waals surface area (Å²) in [6, 6.07) is 5.30. The van der Waals surface area contributed by atoms with Gasteiger partial charge in [0.2, 0.25) is 5.91 Å². The zero-order valence-electron chi connectivity index (χ0n) is 12.2. The Kier molecular flexibility index (Phi) is 4.84. The van der Waals surface area contributed by atoms with Crippen LogP contribution in [0.2, 0.25) is 0 Å². The molecule has 0 aliphatic carbocycles. The molecule has 1 amide bonds. The second-order valence-electron chi connectivity index (χ2n) is 5.14. The Balaban J connectivity index is 2.02. The van der Waals surface area contributed by atoms with Gasteiger partial charge in [-0.1, -0.05) is 6.92 Å². The molecule has 0 bridgehead atoms. The molecule has 0 radical (unpaired) electrons. The molecular formula is C15H23N3O2. The average Bonchev–Trinajstić information content (AvgIpc) is 2.88. The predicted molar refractivity (Wildman–Crippen MR) is 80.9 cm³/mol. The van der Waals surface area contributed by atoms with Crippen molar-refractivity contribution in [2.24, 2.45) is 0 Å². The van der Waals surface area contributed by atoms with Crippen molar-refractivity contribution in [1.82, 2.24) is 4.90 Å². The average molecular weight is 277 g/mol. The molecule has 1 saturated heterocycles. The molecule has 2 rings (SSSR count). The summed E-state index contributed by atoms with van der Waals surface area (Å²) >= 11 is 0. The molecule has 0 spiro atoms. The minimum Gasteiger partial charge on any atom is -0.495 e. The van der Waals surface area contributed by atoms with Gasteiger partial charge in [0.15, 0.2) is 0 Å². The van der Waals surface area contributed by atoms with Crippen molar-refractivity contribution in [3.8, 4) is 5.75 Å². The van der Waals surface area contributed by atoms with E-state index < -0.39 is 0 Å². The molecule has 5 nitrogen and oxygen atoms in total. The maximum Gasteiger partial charge on any atom is 0.241 e. The number of hydrogen-bond acceptors (Lipinski definition) is 4. The van der Waals surface area contributed by atoms with E-state index in [1.165, 1.54) is 0 Å². The number of anilines is 2. The minimum absolute atomic E-state index is 0.0155. The van der Waals surface area contributed by atoms with Crippen LogP contribution in [-0.4, -0.2) is 37.0 Å². The van der Waals surface area contributed by atoms with Crippen molar-refractivity contribution >= 4 is 17.3 Å². The molecular weight excluding hydrogens is 254 g/mol. The third kappa shape index (κ3) is 3.22. The number of ether oxygens (including phenoxy) is 1. The highest BCUT2D eigenvalue weighted by Gasteiger charge is 2.29. The molecule has 1 aromatic carbocycles. The van der Waals surface area contributed by atoms with Crippen molar-refractivity contribution in [3.63, 3.8) is 0 Å². The lowest BCUT2D eigenvalue weighted by Gasteiger charge is -2.23. The van der Waals surface area contributed by atoms with Gasteiger partial charge < -0.3 is 15.8 Å². The van der Waals surface area contributed by atoms with Crippen LogP contribution in [0.15, 0.2) is 18.2 Å². The molecule has 1 aromatic rings. The lowest BCUT2D eigenvalue weighted by Crippen LogP contribution is -2.39. The summed E-state index contributed by atoms with van der Waals surface area (Å²) in [5.74, 6) is 0.678. The number of carbonyl (C=O) groups excluding carboxylic acids is 1. The fraction of sp³-hybridized carbons (Fsp3) is 0.533. The summed E-state index contributed by atoms with van der Waals surface area (Å²) in [5.41, 5.74) is 7.10. The number of rotatable bonds is 5. The molecule has 110 valence electrons. The molecule has 1 fully saturated rings. The first kappa shape index (κ1) is 14.7. The number of methoxy groups -OCH3 is 1. The number of nitrogens with one attached hydrogen (secondary N) is 1. The minimum atomic E-state index is -0.0155. The van der Waals surface area contributed by atoms with E-state index in [1.54, 1.807) is 19.2 Å². The first-order chi connectivity index (χ1) is 9.65. The van der Waals surface area contributed by atoms with Crippen molar-refractivity contribution < 1.29 is 9.53 Å². The Hall–Kier alpha value is -1.75. The fourth-order valence-corrected chi connectivity index (χ4v) is 2.72. The van der Waals surface area contributed by atoms with Gasteiger partial charge in [0.25, 0.3) is 0 Å². The van der Waals surface area contributed by atoms with E-state index in [0.29, 0.717) is 11.4 Å². The number of carbonyl (C=O) groups is 1. The Morgan fingerprint density at radius 2 is 2.35 bits per heavy atom. The van der Waals surface area contributed by atoms with Gasteiger partial charge >= 0.3 is 0 Å². The Labute approximate surface area is 120 Å². The first-order valence-corrected chi connectivity index (χ1v) is 7.14. The number of nitrogens with zero attached hydrogens (tertiary/aromatic N) is 1. The van der Waals surface area contributed by atoms with Crippen molar-refractivity contribution in [1.29, 1.82) is 0 Å². The molecule has 5 heteroatoms. The lowest BCUT2D eigenvalue weighted by atomic mass is 10.2. The highest BCUT2D eigenvalue weighted by molar-refractivity contribution is 5.95. The van der Waals surface area contributed by atoms with Crippen LogP contribution >= 0.6 is 0 Å². The zero-order valence-corrected chi connectivity index (χ0v) is 12.2. The summed E-state index contributed by atoms with van der Waals surface area (Å²) in [4.78, 5) is 14.6. The highest BCUT2D eigenvalue weighted by Crippen LogP contribution is 2.25. The quantitative estimate of drug-likeness (QED) is 0.809. The standard InChI is InChI=1S/C15H23N3O2/c1-3-8-18-9-4-5-13(18)15(19)17-11-6-7-14(20-2)12(16)10-11/h6-7,10,13H,3-5,8-9,16H2,1-2H3,(H,17,19).